The van der Waals surface area contributed by atoms with Crippen LogP contribution in [-0.2, 0) is 9.84 Å². The minimum atomic E-state index is -2.85. The van der Waals surface area contributed by atoms with Gasteiger partial charge in [-0.15, -0.1) is 0 Å². The van der Waals surface area contributed by atoms with Crippen LogP contribution in [0.3, 0.4) is 0 Å². The number of aromatic nitrogens is 3. The lowest BCUT2D eigenvalue weighted by molar-refractivity contribution is 0.153. The van der Waals surface area contributed by atoms with Gasteiger partial charge in [0.25, 0.3) is 0 Å². The third-order valence-electron chi connectivity index (χ3n) is 7.58. The number of nitrogens with two attached hydrogens (primary N) is 1. The third-order valence-corrected chi connectivity index (χ3v) is 10.8. The highest BCUT2D eigenvalue weighted by molar-refractivity contribution is 7.92. The summed E-state index contributed by atoms with van der Waals surface area (Å²) in [6, 6.07) is 7.36. The summed E-state index contributed by atoms with van der Waals surface area (Å²) in [4.78, 5) is 17.1. The second kappa shape index (κ2) is 8.88. The molecule has 196 valence electrons. The van der Waals surface area contributed by atoms with Gasteiger partial charge in [0.05, 0.1) is 33.5 Å². The average Bonchev–Trinajstić information content (AvgIpc) is 3.23. The molecule has 4 N–H and O–H groups in total. The zero-order chi connectivity index (χ0) is 25.9. The number of hydrogen-bond donors (Lipinski definition) is 3. The monoisotopic (exact) mass is 543 g/mol. The molecule has 2 aliphatic heterocycles. The summed E-state index contributed by atoms with van der Waals surface area (Å²) in [5, 5.41) is 7.61. The van der Waals surface area contributed by atoms with Crippen LogP contribution >= 0.6 is 11.3 Å². The normalized spacial score (nSPS) is 24.5. The number of benzene rings is 1. The van der Waals surface area contributed by atoms with E-state index in [0.717, 1.165) is 35.9 Å². The molecule has 3 fully saturated rings. The average molecular weight is 544 g/mol. The summed E-state index contributed by atoms with van der Waals surface area (Å²) < 4.78 is 38.4. The van der Waals surface area contributed by atoms with Crippen LogP contribution < -0.4 is 21.3 Å². The topological polar surface area (TPSA) is 126 Å². The first-order valence-electron chi connectivity index (χ1n) is 12.5. The molecule has 2 aromatic heterocycles. The number of piperazine rings is 1. The second-order valence-corrected chi connectivity index (χ2v) is 13.7. The van der Waals surface area contributed by atoms with Crippen molar-refractivity contribution < 1.29 is 12.8 Å². The van der Waals surface area contributed by atoms with Crippen molar-refractivity contribution in [2.75, 3.05) is 40.5 Å². The maximum Gasteiger partial charge on any atom is 0.223 e. The van der Waals surface area contributed by atoms with Crippen molar-refractivity contribution in [3.05, 3.63) is 36.3 Å². The van der Waals surface area contributed by atoms with Crippen molar-refractivity contribution in [1.29, 1.82) is 0 Å². The van der Waals surface area contributed by atoms with Crippen molar-refractivity contribution in [1.82, 2.24) is 20.3 Å². The molecular weight excluding hydrogens is 513 g/mol. The summed E-state index contributed by atoms with van der Waals surface area (Å²) in [6.07, 6.45) is 3.27. The maximum absolute atomic E-state index is 15.2. The number of nitrogens with one attached hydrogen (secondary N) is 2. The number of thiazole rings is 1. The predicted octanol–water partition coefficient (Wildman–Crippen LogP) is 3.16. The molecule has 0 unspecified atom stereocenters. The number of nitrogen functional groups attached to an aromatic ring is 1. The first kappa shape index (κ1) is 24.5. The number of rotatable bonds is 5. The minimum Gasteiger partial charge on any atom is -0.396 e. The Morgan fingerprint density at radius 3 is 2.59 bits per heavy atom. The maximum atomic E-state index is 15.2. The molecule has 0 amide bonds. The molecule has 6 rings (SSSR count). The van der Waals surface area contributed by atoms with Gasteiger partial charge in [-0.3, -0.25) is 0 Å². The van der Waals surface area contributed by atoms with E-state index in [1.807, 2.05) is 6.07 Å². The molecule has 37 heavy (non-hydrogen) atoms. The fourth-order valence-corrected chi connectivity index (χ4v) is 9.48. The fourth-order valence-electron chi connectivity index (χ4n) is 5.97. The minimum absolute atomic E-state index is 0.0730. The van der Waals surface area contributed by atoms with Gasteiger partial charge in [0.15, 0.2) is 20.8 Å². The van der Waals surface area contributed by atoms with Crippen LogP contribution in [0.1, 0.15) is 26.7 Å². The number of anilines is 3. The highest BCUT2D eigenvalue weighted by Gasteiger charge is 2.56. The van der Waals surface area contributed by atoms with E-state index >= 15 is 4.39 Å². The van der Waals surface area contributed by atoms with Crippen molar-refractivity contribution in [3.63, 3.8) is 0 Å². The first-order valence-corrected chi connectivity index (χ1v) is 15.1. The molecule has 2 atom stereocenters. The van der Waals surface area contributed by atoms with Gasteiger partial charge >= 0.3 is 0 Å². The van der Waals surface area contributed by atoms with Crippen LogP contribution in [0.4, 0.5) is 21.2 Å². The molecular formula is C25H30FN7O2S2. The smallest absolute Gasteiger partial charge is 0.223 e. The van der Waals surface area contributed by atoms with Crippen LogP contribution in [0.5, 0.6) is 0 Å². The van der Waals surface area contributed by atoms with E-state index in [1.54, 1.807) is 18.3 Å². The van der Waals surface area contributed by atoms with Crippen LogP contribution in [0.15, 0.2) is 30.5 Å². The van der Waals surface area contributed by atoms with Crippen molar-refractivity contribution in [3.8, 4) is 21.8 Å². The van der Waals surface area contributed by atoms with Crippen LogP contribution in [0.2, 0.25) is 0 Å². The predicted molar refractivity (Wildman–Crippen MR) is 145 cm³/mol. The largest absolute Gasteiger partial charge is 0.396 e. The summed E-state index contributed by atoms with van der Waals surface area (Å²) in [5.74, 6) is 0.531. The zero-order valence-corrected chi connectivity index (χ0v) is 22.4. The fraction of sp³-hybridized carbons (Fsp3) is 0.480. The van der Waals surface area contributed by atoms with E-state index in [0.29, 0.717) is 22.9 Å². The Balaban J connectivity index is 1.33. The Morgan fingerprint density at radius 2 is 1.89 bits per heavy atom. The Bertz CT molecular complexity index is 1430. The van der Waals surface area contributed by atoms with Crippen LogP contribution in [-0.4, -0.2) is 66.1 Å². The van der Waals surface area contributed by atoms with E-state index in [-0.39, 0.29) is 40.7 Å². The van der Waals surface area contributed by atoms with E-state index < -0.39 is 15.7 Å². The lowest BCUT2D eigenvalue weighted by atomic mass is 9.67. The summed E-state index contributed by atoms with van der Waals surface area (Å²) in [7, 11) is -2.85. The molecule has 4 heterocycles. The van der Waals surface area contributed by atoms with Crippen LogP contribution in [0.25, 0.3) is 21.8 Å². The Labute approximate surface area is 219 Å². The highest BCUT2D eigenvalue weighted by atomic mass is 32.2. The van der Waals surface area contributed by atoms with Gasteiger partial charge in [0, 0.05) is 48.4 Å². The van der Waals surface area contributed by atoms with Crippen LogP contribution in [0, 0.1) is 11.2 Å². The molecule has 2 saturated heterocycles. The van der Waals surface area contributed by atoms with E-state index in [1.165, 1.54) is 17.4 Å². The SMILES string of the molecule is C[C@H]1CNC[C@H](C)N1c1nc(-c2cccc(N)c2F)c(-c2ccnc(NC3CC4(C3)CS(=O)(=O)C4)n2)s1. The van der Waals surface area contributed by atoms with Gasteiger partial charge in [0.1, 0.15) is 0 Å². The van der Waals surface area contributed by atoms with Crippen molar-refractivity contribution in [2.24, 2.45) is 5.41 Å². The standard InChI is InChI=1S/C25H30FN7O2S2/c1-14-10-28-11-15(2)33(14)24-32-21(17-4-3-5-18(27)20(17)26)22(36-24)19-6-7-29-23(31-19)30-16-8-25(9-16)12-37(34,35)13-25/h3-7,14-16,28H,8-13,27H2,1-2H3,(H,29,30,31)/t14-,15-/m0/s1. The third kappa shape index (κ3) is 4.44. The van der Waals surface area contributed by atoms with Crippen molar-refractivity contribution >= 4 is 37.9 Å². The first-order chi connectivity index (χ1) is 17.6. The second-order valence-electron chi connectivity index (χ2n) is 10.7. The number of sulfone groups is 1. The summed E-state index contributed by atoms with van der Waals surface area (Å²) >= 11 is 1.49. The molecule has 1 aromatic carbocycles. The van der Waals surface area contributed by atoms with E-state index in [4.69, 9.17) is 15.7 Å². The molecule has 1 saturated carbocycles. The molecule has 9 nitrogen and oxygen atoms in total. The zero-order valence-electron chi connectivity index (χ0n) is 20.7. The van der Waals surface area contributed by atoms with Gasteiger partial charge in [-0.05, 0) is 44.9 Å². The summed E-state index contributed by atoms with van der Waals surface area (Å²) in [5.41, 5.74) is 7.40. The Kier molecular flexibility index (Phi) is 5.88. The van der Waals surface area contributed by atoms with Gasteiger partial charge in [-0.2, -0.15) is 0 Å². The molecule has 1 spiro atoms. The van der Waals surface area contributed by atoms with Gasteiger partial charge in [-0.25, -0.2) is 27.8 Å². The highest BCUT2D eigenvalue weighted by Crippen LogP contribution is 2.50. The summed E-state index contributed by atoms with van der Waals surface area (Å²) in [6.45, 7) is 5.98. The lowest BCUT2D eigenvalue weighted by Gasteiger charge is -2.53. The molecule has 1 aliphatic carbocycles. The number of halogens is 1. The quantitative estimate of drug-likeness (QED) is 0.416. The number of hydrogen-bond acceptors (Lipinski definition) is 10. The lowest BCUT2D eigenvalue weighted by Crippen LogP contribution is -2.60. The van der Waals surface area contributed by atoms with Gasteiger partial charge in [0.2, 0.25) is 5.95 Å². The molecule has 0 radical (unpaired) electrons. The van der Waals surface area contributed by atoms with Gasteiger partial charge in [-0.1, -0.05) is 17.4 Å². The Morgan fingerprint density at radius 1 is 1.16 bits per heavy atom. The molecule has 12 heteroatoms. The van der Waals surface area contributed by atoms with Gasteiger partial charge < -0.3 is 21.3 Å². The van der Waals surface area contributed by atoms with E-state index in [9.17, 15) is 8.42 Å². The molecule has 3 aromatic rings. The molecule has 3 aliphatic rings. The van der Waals surface area contributed by atoms with E-state index in [2.05, 4.69) is 34.4 Å². The van der Waals surface area contributed by atoms with Crippen molar-refractivity contribution in [2.45, 2.75) is 44.8 Å². The molecule has 0 bridgehead atoms. The number of nitrogens with zero attached hydrogens (tertiary/aromatic N) is 4. The Hall–Kier alpha value is -2.83.